The lowest BCUT2D eigenvalue weighted by molar-refractivity contribution is 1.21. The van der Waals surface area contributed by atoms with Gasteiger partial charge in [-0.2, -0.15) is 0 Å². The van der Waals surface area contributed by atoms with Crippen LogP contribution in [0.4, 0.5) is 0 Å². The first kappa shape index (κ1) is 17.5. The van der Waals surface area contributed by atoms with Gasteiger partial charge in [-0.25, -0.2) is 0 Å². The molecule has 1 heterocycles. The summed E-state index contributed by atoms with van der Waals surface area (Å²) in [6, 6.07) is 24.1. The van der Waals surface area contributed by atoms with Gasteiger partial charge in [0.2, 0.25) is 0 Å². The van der Waals surface area contributed by atoms with Crippen LogP contribution in [0.5, 0.6) is 0 Å². The molecule has 0 spiro atoms. The molecule has 1 aliphatic rings. The molecule has 1 heteroatoms. The van der Waals surface area contributed by atoms with Gasteiger partial charge in [-0.05, 0) is 59.9 Å². The van der Waals surface area contributed by atoms with E-state index >= 15 is 0 Å². The Balaban J connectivity index is 1.79. The Bertz CT molecular complexity index is 1330. The maximum atomic E-state index is 4.23. The summed E-state index contributed by atoms with van der Waals surface area (Å²) in [6.45, 7) is 6.30. The van der Waals surface area contributed by atoms with Crippen molar-refractivity contribution in [3.05, 3.63) is 109 Å². The van der Waals surface area contributed by atoms with Crippen molar-refractivity contribution in [1.82, 2.24) is 4.57 Å². The van der Waals surface area contributed by atoms with Crippen LogP contribution in [0.3, 0.4) is 0 Å². The highest BCUT2D eigenvalue weighted by Gasteiger charge is 2.13. The maximum absolute atomic E-state index is 4.23. The van der Waals surface area contributed by atoms with Crippen molar-refractivity contribution in [2.75, 3.05) is 0 Å². The highest BCUT2D eigenvalue weighted by atomic mass is 15.0. The van der Waals surface area contributed by atoms with Gasteiger partial charge in [-0.1, -0.05) is 79.4 Å². The van der Waals surface area contributed by atoms with Gasteiger partial charge in [0.1, 0.15) is 0 Å². The summed E-state index contributed by atoms with van der Waals surface area (Å²) < 4.78 is 2.26. The molecular weight excluding hydrogens is 350 g/mol. The Morgan fingerprint density at radius 1 is 0.793 bits per heavy atom. The van der Waals surface area contributed by atoms with E-state index in [9.17, 15) is 0 Å². The van der Waals surface area contributed by atoms with Crippen molar-refractivity contribution in [3.8, 4) is 11.1 Å². The fraction of sp³-hybridized carbons (Fsp3) is 0.0714. The third-order valence-electron chi connectivity index (χ3n) is 5.57. The molecule has 0 saturated carbocycles. The topological polar surface area (TPSA) is 4.93 Å². The molecule has 1 aromatic heterocycles. The average Bonchev–Trinajstić information content (AvgIpc) is 2.89. The smallest absolute Gasteiger partial charge is 0.0537 e. The first-order chi connectivity index (χ1) is 14.2. The van der Waals surface area contributed by atoms with Crippen molar-refractivity contribution in [3.63, 3.8) is 0 Å². The Kier molecular flexibility index (Phi) is 4.29. The second kappa shape index (κ2) is 7.10. The summed E-state index contributed by atoms with van der Waals surface area (Å²) in [5.41, 5.74) is 8.40. The summed E-state index contributed by atoms with van der Waals surface area (Å²) in [7, 11) is 0. The van der Waals surface area contributed by atoms with Crippen LogP contribution in [0.15, 0.2) is 104 Å². The number of hydrogen-bond acceptors (Lipinski definition) is 0. The Hall–Kier alpha value is -3.58. The van der Waals surface area contributed by atoms with E-state index in [1.54, 1.807) is 0 Å². The molecule has 29 heavy (non-hydrogen) atoms. The minimum atomic E-state index is 0.984. The highest BCUT2D eigenvalue weighted by molar-refractivity contribution is 6.12. The van der Waals surface area contributed by atoms with Gasteiger partial charge in [0.25, 0.3) is 0 Å². The van der Waals surface area contributed by atoms with Crippen LogP contribution in [0.1, 0.15) is 18.9 Å². The molecule has 0 unspecified atom stereocenters. The predicted molar refractivity (Wildman–Crippen MR) is 127 cm³/mol. The maximum Gasteiger partial charge on any atom is 0.0537 e. The number of rotatable bonds is 3. The first-order valence-corrected chi connectivity index (χ1v) is 10.1. The highest BCUT2D eigenvalue weighted by Crippen LogP contribution is 2.36. The second-order valence-electron chi connectivity index (χ2n) is 7.59. The molecule has 0 N–H and O–H groups in total. The molecule has 0 bridgehead atoms. The summed E-state index contributed by atoms with van der Waals surface area (Å²) in [6.07, 6.45) is 11.9. The Labute approximate surface area is 171 Å². The lowest BCUT2D eigenvalue weighted by atomic mass is 10.00. The predicted octanol–water partition coefficient (Wildman–Crippen LogP) is 7.85. The van der Waals surface area contributed by atoms with Crippen LogP contribution in [0, 0.1) is 0 Å². The number of aromatic nitrogens is 1. The SMILES string of the molecule is C=C(C)n1c2ccc(C3=CC=CCC=C3)cc2c2cc(-c3ccccc3)ccc21. The van der Waals surface area contributed by atoms with Crippen LogP contribution < -0.4 is 0 Å². The van der Waals surface area contributed by atoms with Crippen LogP contribution in [-0.2, 0) is 0 Å². The van der Waals surface area contributed by atoms with E-state index in [4.69, 9.17) is 0 Å². The molecule has 0 fully saturated rings. The summed E-state index contributed by atoms with van der Waals surface area (Å²) in [4.78, 5) is 0. The molecular formula is C28H23N. The zero-order valence-electron chi connectivity index (χ0n) is 16.6. The van der Waals surface area contributed by atoms with Crippen molar-refractivity contribution in [2.45, 2.75) is 13.3 Å². The standard InChI is InChI=1S/C28H23N/c1-20(2)29-27-16-14-23(21-10-6-3-4-7-11-21)18-25(27)26-19-24(15-17-28(26)29)22-12-8-5-9-13-22/h3,5-19H,1,4H2,2H3. The van der Waals surface area contributed by atoms with Crippen molar-refractivity contribution in [2.24, 2.45) is 0 Å². The summed E-state index contributed by atoms with van der Waals surface area (Å²) >= 11 is 0. The first-order valence-electron chi connectivity index (χ1n) is 10.1. The Morgan fingerprint density at radius 2 is 1.48 bits per heavy atom. The van der Waals surface area contributed by atoms with Crippen molar-refractivity contribution < 1.29 is 0 Å². The van der Waals surface area contributed by atoms with Crippen LogP contribution in [0.25, 0.3) is 44.2 Å². The van der Waals surface area contributed by atoms with E-state index in [0.29, 0.717) is 0 Å². The lowest BCUT2D eigenvalue weighted by Gasteiger charge is -2.07. The molecule has 0 saturated heterocycles. The third-order valence-corrected chi connectivity index (χ3v) is 5.57. The van der Waals surface area contributed by atoms with E-state index in [1.165, 1.54) is 44.1 Å². The largest absolute Gasteiger partial charge is 0.314 e. The Morgan fingerprint density at radius 3 is 2.21 bits per heavy atom. The number of fused-ring (bicyclic) bond motifs is 3. The minimum absolute atomic E-state index is 0.984. The zero-order chi connectivity index (χ0) is 19.8. The molecule has 0 aliphatic heterocycles. The number of allylic oxidation sites excluding steroid dienone is 7. The van der Waals surface area contributed by atoms with Crippen molar-refractivity contribution in [1.29, 1.82) is 0 Å². The van der Waals surface area contributed by atoms with Crippen molar-refractivity contribution >= 4 is 33.1 Å². The van der Waals surface area contributed by atoms with E-state index < -0.39 is 0 Å². The number of benzene rings is 3. The molecule has 0 radical (unpaired) electrons. The molecule has 140 valence electrons. The van der Waals surface area contributed by atoms with E-state index in [2.05, 4.69) is 115 Å². The van der Waals surface area contributed by atoms with E-state index in [0.717, 1.165) is 12.1 Å². The third kappa shape index (κ3) is 3.05. The van der Waals surface area contributed by atoms with E-state index in [-0.39, 0.29) is 0 Å². The summed E-state index contributed by atoms with van der Waals surface area (Å²) in [5.74, 6) is 0. The molecule has 0 amide bonds. The molecule has 1 aliphatic carbocycles. The normalized spacial score (nSPS) is 13.6. The van der Waals surface area contributed by atoms with Gasteiger partial charge >= 0.3 is 0 Å². The van der Waals surface area contributed by atoms with Gasteiger partial charge in [0.05, 0.1) is 11.0 Å². The van der Waals surface area contributed by atoms with Gasteiger partial charge in [0, 0.05) is 16.5 Å². The molecule has 5 rings (SSSR count). The second-order valence-corrected chi connectivity index (χ2v) is 7.59. The zero-order valence-corrected chi connectivity index (χ0v) is 16.6. The molecule has 3 aromatic carbocycles. The fourth-order valence-corrected chi connectivity index (χ4v) is 4.20. The molecule has 1 nitrogen and oxygen atoms in total. The fourth-order valence-electron chi connectivity index (χ4n) is 4.20. The monoisotopic (exact) mass is 373 g/mol. The quantitative estimate of drug-likeness (QED) is 0.344. The van der Waals surface area contributed by atoms with Gasteiger partial charge in [-0.15, -0.1) is 0 Å². The van der Waals surface area contributed by atoms with E-state index in [1.807, 2.05) is 0 Å². The number of hydrogen-bond donors (Lipinski definition) is 0. The lowest BCUT2D eigenvalue weighted by Crippen LogP contribution is -1.91. The van der Waals surface area contributed by atoms with Gasteiger partial charge in [0.15, 0.2) is 0 Å². The minimum Gasteiger partial charge on any atom is -0.314 e. The molecule has 0 atom stereocenters. The number of nitrogens with zero attached hydrogens (tertiary/aromatic N) is 1. The van der Waals surface area contributed by atoms with Gasteiger partial charge in [-0.3, -0.25) is 0 Å². The molecule has 4 aromatic rings. The van der Waals surface area contributed by atoms with Crippen LogP contribution >= 0.6 is 0 Å². The van der Waals surface area contributed by atoms with Crippen LogP contribution in [0.2, 0.25) is 0 Å². The summed E-state index contributed by atoms with van der Waals surface area (Å²) in [5, 5.41) is 2.53. The van der Waals surface area contributed by atoms with Gasteiger partial charge < -0.3 is 4.57 Å². The van der Waals surface area contributed by atoms with Crippen LogP contribution in [-0.4, -0.2) is 4.57 Å². The average molecular weight is 373 g/mol.